The summed E-state index contributed by atoms with van der Waals surface area (Å²) < 4.78 is 8.44. The molecular weight excluding hydrogens is 239 g/mol. The molecule has 0 aromatic heterocycles. The maximum Gasteiger partial charge on any atom is 0.347 e. The molecule has 1 aromatic carbocycles. The first-order chi connectivity index (χ1) is 7.05. The van der Waals surface area contributed by atoms with Crippen LogP contribution in [0.1, 0.15) is 11.7 Å². The van der Waals surface area contributed by atoms with Crippen molar-refractivity contribution in [1.29, 1.82) is 0 Å². The van der Waals surface area contributed by atoms with Crippen LogP contribution in [-0.2, 0) is 9.53 Å². The summed E-state index contributed by atoms with van der Waals surface area (Å²) in [5.41, 5.74) is 0.721. The second-order valence-electron chi connectivity index (χ2n) is 3.18. The van der Waals surface area contributed by atoms with Crippen molar-refractivity contribution in [3.05, 3.63) is 29.8 Å². The fraction of sp³-hybridized carbons (Fsp3) is 0.300. The number of esters is 1. The van der Waals surface area contributed by atoms with Gasteiger partial charge >= 0.3 is 5.97 Å². The molecule has 1 saturated heterocycles. The van der Waals surface area contributed by atoms with E-state index in [4.69, 9.17) is 32.7 Å². The Morgan fingerprint density at radius 1 is 1.47 bits per heavy atom. The number of cyclic esters (lactones) is 1. The normalized spacial score (nSPS) is 22.9. The van der Waals surface area contributed by atoms with Gasteiger partial charge in [-0.1, -0.05) is 35.3 Å². The van der Waals surface area contributed by atoms with Crippen molar-refractivity contribution in [2.24, 2.45) is 0 Å². The summed E-state index contributed by atoms with van der Waals surface area (Å²) in [6.45, 7) is 0. The predicted octanol–water partition coefficient (Wildman–Crippen LogP) is 2.47. The highest BCUT2D eigenvalue weighted by Gasteiger charge is 2.57. The number of carbonyl (C=O) groups excluding carboxylic acids is 1. The first-order valence-corrected chi connectivity index (χ1v) is 5.04. The van der Waals surface area contributed by atoms with Gasteiger partial charge < -0.3 is 9.47 Å². The fourth-order valence-electron chi connectivity index (χ4n) is 1.39. The molecule has 0 amide bonds. The lowest BCUT2D eigenvalue weighted by Gasteiger charge is -2.37. The van der Waals surface area contributed by atoms with Gasteiger partial charge in [-0.25, -0.2) is 4.79 Å². The summed E-state index contributed by atoms with van der Waals surface area (Å²) in [5.74, 6) is 0.0539. The summed E-state index contributed by atoms with van der Waals surface area (Å²) in [4.78, 5) is 11.0. The van der Waals surface area contributed by atoms with Crippen molar-refractivity contribution in [3.8, 4) is 5.75 Å². The van der Waals surface area contributed by atoms with Crippen LogP contribution in [0, 0.1) is 0 Å². The van der Waals surface area contributed by atoms with Crippen LogP contribution in [0.25, 0.3) is 0 Å². The van der Waals surface area contributed by atoms with Crippen molar-refractivity contribution >= 4 is 29.2 Å². The minimum atomic E-state index is -1.48. The van der Waals surface area contributed by atoms with Crippen molar-refractivity contribution in [2.75, 3.05) is 7.11 Å². The highest BCUT2D eigenvalue weighted by molar-refractivity contribution is 6.59. The molecule has 0 radical (unpaired) electrons. The second kappa shape index (κ2) is 3.58. The summed E-state index contributed by atoms with van der Waals surface area (Å²) in [7, 11) is 1.56. The largest absolute Gasteiger partial charge is 0.497 e. The molecule has 0 aliphatic carbocycles. The average Bonchev–Trinajstić information content (AvgIpc) is 2.25. The zero-order valence-electron chi connectivity index (χ0n) is 7.87. The number of alkyl halides is 2. The standard InChI is InChI=1S/C10H8Cl2O3/c1-14-7-4-2-3-6(5-7)8-10(11,12)9(13)15-8/h2-5,8H,1H3. The molecule has 80 valence electrons. The Kier molecular flexibility index (Phi) is 2.52. The van der Waals surface area contributed by atoms with Crippen molar-refractivity contribution < 1.29 is 14.3 Å². The molecule has 1 atom stereocenters. The second-order valence-corrected chi connectivity index (χ2v) is 4.57. The van der Waals surface area contributed by atoms with Gasteiger partial charge in [0.15, 0.2) is 6.10 Å². The summed E-state index contributed by atoms with van der Waals surface area (Å²) in [5, 5.41) is 0. The van der Waals surface area contributed by atoms with Crippen LogP contribution in [0.15, 0.2) is 24.3 Å². The first-order valence-electron chi connectivity index (χ1n) is 4.28. The smallest absolute Gasteiger partial charge is 0.347 e. The maximum atomic E-state index is 11.0. The zero-order valence-corrected chi connectivity index (χ0v) is 9.38. The van der Waals surface area contributed by atoms with Crippen LogP contribution in [0.4, 0.5) is 0 Å². The van der Waals surface area contributed by atoms with E-state index in [1.165, 1.54) is 0 Å². The molecule has 0 saturated carbocycles. The Balaban J connectivity index is 2.28. The number of carbonyl (C=O) groups is 1. The molecule has 1 fully saturated rings. The minimum absolute atomic E-state index is 0.612. The van der Waals surface area contributed by atoms with E-state index in [0.29, 0.717) is 5.75 Å². The molecule has 3 nitrogen and oxygen atoms in total. The van der Waals surface area contributed by atoms with Gasteiger partial charge in [0, 0.05) is 0 Å². The predicted molar refractivity (Wildman–Crippen MR) is 56.3 cm³/mol. The first kappa shape index (κ1) is 10.6. The third-order valence-corrected chi connectivity index (χ3v) is 2.93. The van der Waals surface area contributed by atoms with E-state index in [2.05, 4.69) is 0 Å². The van der Waals surface area contributed by atoms with Crippen LogP contribution < -0.4 is 4.74 Å². The zero-order chi connectivity index (χ0) is 11.1. The van der Waals surface area contributed by atoms with Crippen LogP contribution in [-0.4, -0.2) is 17.4 Å². The monoisotopic (exact) mass is 246 g/mol. The Bertz CT molecular complexity index is 403. The molecule has 0 N–H and O–H groups in total. The fourth-order valence-corrected chi connectivity index (χ4v) is 1.82. The molecule has 1 aliphatic heterocycles. The number of halogens is 2. The molecule has 1 unspecified atom stereocenters. The minimum Gasteiger partial charge on any atom is -0.497 e. The van der Waals surface area contributed by atoms with Crippen LogP contribution >= 0.6 is 23.2 Å². The van der Waals surface area contributed by atoms with E-state index in [9.17, 15) is 4.79 Å². The summed E-state index contributed by atoms with van der Waals surface area (Å²) in [6, 6.07) is 7.08. The number of hydrogen-bond acceptors (Lipinski definition) is 3. The molecule has 15 heavy (non-hydrogen) atoms. The van der Waals surface area contributed by atoms with E-state index < -0.39 is 16.4 Å². The number of methoxy groups -OCH3 is 1. The van der Waals surface area contributed by atoms with Gasteiger partial charge in [-0.3, -0.25) is 0 Å². The highest BCUT2D eigenvalue weighted by Crippen LogP contribution is 2.48. The topological polar surface area (TPSA) is 35.5 Å². The molecular formula is C10H8Cl2O3. The molecule has 1 aliphatic rings. The molecule has 1 aromatic rings. The number of rotatable bonds is 2. The van der Waals surface area contributed by atoms with Crippen LogP contribution in [0.2, 0.25) is 0 Å². The molecule has 0 bridgehead atoms. The molecule has 5 heteroatoms. The van der Waals surface area contributed by atoms with Crippen molar-refractivity contribution in [2.45, 2.75) is 10.4 Å². The van der Waals surface area contributed by atoms with E-state index in [0.717, 1.165) is 5.56 Å². The molecule has 1 heterocycles. The van der Waals surface area contributed by atoms with Gasteiger partial charge in [0.05, 0.1) is 7.11 Å². The summed E-state index contributed by atoms with van der Waals surface area (Å²) in [6.07, 6.45) is -0.622. The number of benzene rings is 1. The lowest BCUT2D eigenvalue weighted by Crippen LogP contribution is -2.48. The van der Waals surface area contributed by atoms with Gasteiger partial charge in [0.2, 0.25) is 0 Å². The average molecular weight is 247 g/mol. The summed E-state index contributed by atoms with van der Waals surface area (Å²) >= 11 is 11.6. The lowest BCUT2D eigenvalue weighted by atomic mass is 10.0. The SMILES string of the molecule is COc1cccc(C2OC(=O)C2(Cl)Cl)c1. The third kappa shape index (κ3) is 1.66. The maximum absolute atomic E-state index is 11.0. The van der Waals surface area contributed by atoms with E-state index >= 15 is 0 Å². The van der Waals surface area contributed by atoms with Crippen LogP contribution in [0.3, 0.4) is 0 Å². The Morgan fingerprint density at radius 2 is 2.20 bits per heavy atom. The number of ether oxygens (including phenoxy) is 2. The van der Waals surface area contributed by atoms with Crippen LogP contribution in [0.5, 0.6) is 5.75 Å². The Hall–Kier alpha value is -0.930. The van der Waals surface area contributed by atoms with E-state index in [-0.39, 0.29) is 0 Å². The van der Waals surface area contributed by atoms with Gasteiger partial charge in [-0.2, -0.15) is 0 Å². The van der Waals surface area contributed by atoms with Crippen molar-refractivity contribution in [3.63, 3.8) is 0 Å². The molecule has 2 rings (SSSR count). The quantitative estimate of drug-likeness (QED) is 0.594. The van der Waals surface area contributed by atoms with Gasteiger partial charge in [0.1, 0.15) is 5.75 Å². The highest BCUT2D eigenvalue weighted by atomic mass is 35.5. The van der Waals surface area contributed by atoms with Gasteiger partial charge in [-0.05, 0) is 17.7 Å². The Labute approximate surface area is 96.9 Å². The van der Waals surface area contributed by atoms with Gasteiger partial charge in [-0.15, -0.1) is 0 Å². The van der Waals surface area contributed by atoms with Crippen molar-refractivity contribution in [1.82, 2.24) is 0 Å². The lowest BCUT2D eigenvalue weighted by molar-refractivity contribution is -0.172. The van der Waals surface area contributed by atoms with E-state index in [1.54, 1.807) is 31.4 Å². The number of hydrogen-bond donors (Lipinski definition) is 0. The third-order valence-electron chi connectivity index (χ3n) is 2.22. The Morgan fingerprint density at radius 3 is 2.73 bits per heavy atom. The van der Waals surface area contributed by atoms with Gasteiger partial charge in [0.25, 0.3) is 4.33 Å². The molecule has 0 spiro atoms. The van der Waals surface area contributed by atoms with E-state index in [1.807, 2.05) is 0 Å².